The van der Waals surface area contributed by atoms with E-state index in [-0.39, 0.29) is 12.3 Å². The number of hydrogen-bond acceptors (Lipinski definition) is 3. The summed E-state index contributed by atoms with van der Waals surface area (Å²) in [4.78, 5) is 12.3. The molecule has 1 heterocycles. The third-order valence-electron chi connectivity index (χ3n) is 4.50. The van der Waals surface area contributed by atoms with Crippen molar-refractivity contribution in [2.24, 2.45) is 7.05 Å². The number of ether oxygens (including phenoxy) is 2. The summed E-state index contributed by atoms with van der Waals surface area (Å²) in [5, 5.41) is 4.12. The van der Waals surface area contributed by atoms with E-state index < -0.39 is 0 Å². The Balaban J connectivity index is 1.65. The van der Waals surface area contributed by atoms with Crippen LogP contribution in [0.4, 0.5) is 0 Å². The lowest BCUT2D eigenvalue weighted by atomic mass is 10.1. The largest absolute Gasteiger partial charge is 0.497 e. The number of fused-ring (bicyclic) bond motifs is 1. The first-order valence-corrected chi connectivity index (χ1v) is 9.97. The van der Waals surface area contributed by atoms with Crippen LogP contribution in [0.5, 0.6) is 11.5 Å². The average Bonchev–Trinajstić information content (AvgIpc) is 3.01. The second kappa shape index (κ2) is 9.14. The molecule has 0 aliphatic heterocycles. The maximum absolute atomic E-state index is 12.3. The van der Waals surface area contributed by atoms with E-state index in [2.05, 4.69) is 50.8 Å². The molecule has 6 heteroatoms. The minimum absolute atomic E-state index is 0.0811. The SMILES string of the molecule is COc1cc(CC(=O)N/C=C(\I)Cc2cn(C)c3ccccc23)cc(OC)c1. The Kier molecular flexibility index (Phi) is 6.61. The second-order valence-electron chi connectivity index (χ2n) is 6.52. The number of hydrogen-bond donors (Lipinski definition) is 1. The molecule has 0 atom stereocenters. The Bertz CT molecular complexity index is 1000. The van der Waals surface area contributed by atoms with Gasteiger partial charge in [0.2, 0.25) is 5.91 Å². The highest BCUT2D eigenvalue weighted by molar-refractivity contribution is 14.1. The molecule has 0 saturated carbocycles. The Hall–Kier alpha value is -2.48. The van der Waals surface area contributed by atoms with E-state index in [0.717, 1.165) is 15.6 Å². The van der Waals surface area contributed by atoms with Crippen molar-refractivity contribution in [2.75, 3.05) is 14.2 Å². The van der Waals surface area contributed by atoms with Crippen LogP contribution in [0.2, 0.25) is 0 Å². The maximum atomic E-state index is 12.3. The molecule has 0 aliphatic carbocycles. The Labute approximate surface area is 178 Å². The molecule has 0 radical (unpaired) electrons. The summed E-state index contributed by atoms with van der Waals surface area (Å²) < 4.78 is 13.7. The molecule has 3 rings (SSSR count). The Morgan fingerprint density at radius 3 is 2.46 bits per heavy atom. The molecule has 0 unspecified atom stereocenters. The van der Waals surface area contributed by atoms with Gasteiger partial charge in [-0.05, 0) is 51.9 Å². The van der Waals surface area contributed by atoms with Crippen molar-refractivity contribution < 1.29 is 14.3 Å². The fourth-order valence-corrected chi connectivity index (χ4v) is 3.73. The average molecular weight is 490 g/mol. The molecule has 1 N–H and O–H groups in total. The molecule has 146 valence electrons. The molecule has 0 saturated heterocycles. The number of aryl methyl sites for hydroxylation is 1. The van der Waals surface area contributed by atoms with Crippen LogP contribution in [-0.2, 0) is 24.7 Å². The fourth-order valence-electron chi connectivity index (χ4n) is 3.16. The first-order valence-electron chi connectivity index (χ1n) is 8.89. The van der Waals surface area contributed by atoms with Gasteiger partial charge in [-0.25, -0.2) is 0 Å². The number of amides is 1. The molecular formula is C22H23IN2O3. The zero-order valence-electron chi connectivity index (χ0n) is 16.2. The quantitative estimate of drug-likeness (QED) is 0.501. The third kappa shape index (κ3) is 4.86. The molecule has 3 aromatic rings. The highest BCUT2D eigenvalue weighted by Crippen LogP contribution is 2.25. The van der Waals surface area contributed by atoms with Gasteiger partial charge in [0.25, 0.3) is 0 Å². The number of benzene rings is 2. The van der Waals surface area contributed by atoms with Crippen LogP contribution >= 0.6 is 22.6 Å². The molecule has 0 spiro atoms. The van der Waals surface area contributed by atoms with Crippen LogP contribution in [0.3, 0.4) is 0 Å². The van der Waals surface area contributed by atoms with Crippen molar-refractivity contribution in [3.8, 4) is 11.5 Å². The van der Waals surface area contributed by atoms with E-state index in [1.165, 1.54) is 16.5 Å². The van der Waals surface area contributed by atoms with Crippen LogP contribution in [-0.4, -0.2) is 24.7 Å². The molecule has 2 aromatic carbocycles. The standard InChI is InChI=1S/C22H23IN2O3/c1-25-14-16(20-6-4-5-7-21(20)25)11-17(23)13-24-22(26)10-15-8-18(27-2)12-19(9-15)28-3/h4-9,12-14H,10-11H2,1-3H3,(H,24,26)/b17-13-. The van der Waals surface area contributed by atoms with E-state index >= 15 is 0 Å². The first-order chi connectivity index (χ1) is 13.5. The van der Waals surface area contributed by atoms with Gasteiger partial charge in [0.1, 0.15) is 11.5 Å². The number of nitrogens with one attached hydrogen (secondary N) is 1. The highest BCUT2D eigenvalue weighted by atomic mass is 127. The van der Waals surface area contributed by atoms with Crippen LogP contribution in [0, 0.1) is 0 Å². The monoisotopic (exact) mass is 490 g/mol. The van der Waals surface area contributed by atoms with Crippen molar-refractivity contribution in [1.29, 1.82) is 0 Å². The van der Waals surface area contributed by atoms with Crippen LogP contribution in [0.25, 0.3) is 10.9 Å². The lowest BCUT2D eigenvalue weighted by Gasteiger charge is -2.08. The van der Waals surface area contributed by atoms with Gasteiger partial charge in [0.15, 0.2) is 0 Å². The van der Waals surface area contributed by atoms with Crippen molar-refractivity contribution in [1.82, 2.24) is 9.88 Å². The predicted molar refractivity (Wildman–Crippen MR) is 120 cm³/mol. The van der Waals surface area contributed by atoms with Gasteiger partial charge in [0.05, 0.1) is 20.6 Å². The van der Waals surface area contributed by atoms with Crippen molar-refractivity contribution in [3.05, 3.63) is 69.6 Å². The van der Waals surface area contributed by atoms with Gasteiger partial charge in [-0.2, -0.15) is 0 Å². The van der Waals surface area contributed by atoms with Gasteiger partial charge in [-0.15, -0.1) is 0 Å². The fraction of sp³-hybridized carbons (Fsp3) is 0.227. The topological polar surface area (TPSA) is 52.5 Å². The van der Waals surface area contributed by atoms with Crippen molar-refractivity contribution >= 4 is 39.4 Å². The van der Waals surface area contributed by atoms with Crippen LogP contribution < -0.4 is 14.8 Å². The van der Waals surface area contributed by atoms with E-state index in [4.69, 9.17) is 9.47 Å². The lowest BCUT2D eigenvalue weighted by molar-refractivity contribution is -0.119. The molecule has 0 bridgehead atoms. The first kappa shape index (κ1) is 20.3. The number of rotatable bonds is 7. The summed E-state index contributed by atoms with van der Waals surface area (Å²) >= 11 is 2.27. The molecule has 0 aliphatic rings. The van der Waals surface area contributed by atoms with Gasteiger partial charge in [-0.1, -0.05) is 18.2 Å². The van der Waals surface area contributed by atoms with Gasteiger partial charge in [0, 0.05) is 46.4 Å². The number of carbonyl (C=O) groups is 1. The maximum Gasteiger partial charge on any atom is 0.228 e. The molecule has 0 fully saturated rings. The number of carbonyl (C=O) groups excluding carboxylic acids is 1. The number of para-hydroxylation sites is 1. The van der Waals surface area contributed by atoms with E-state index in [1.54, 1.807) is 26.5 Å². The zero-order valence-corrected chi connectivity index (χ0v) is 18.3. The number of allylic oxidation sites excluding steroid dienone is 1. The molecule has 1 aromatic heterocycles. The highest BCUT2D eigenvalue weighted by Gasteiger charge is 2.09. The third-order valence-corrected chi connectivity index (χ3v) is 5.20. The number of halogens is 1. The van der Waals surface area contributed by atoms with Crippen molar-refractivity contribution in [3.63, 3.8) is 0 Å². The van der Waals surface area contributed by atoms with E-state index in [1.807, 2.05) is 31.3 Å². The van der Waals surface area contributed by atoms with E-state index in [9.17, 15) is 4.79 Å². The van der Waals surface area contributed by atoms with Gasteiger partial charge in [-0.3, -0.25) is 4.79 Å². The summed E-state index contributed by atoms with van der Waals surface area (Å²) in [6.07, 6.45) is 4.95. The van der Waals surface area contributed by atoms with Crippen molar-refractivity contribution in [2.45, 2.75) is 12.8 Å². The number of nitrogens with zero attached hydrogens (tertiary/aromatic N) is 1. The summed E-state index contributed by atoms with van der Waals surface area (Å²) in [5.74, 6) is 1.26. The predicted octanol–water partition coefficient (Wildman–Crippen LogP) is 4.37. The summed E-state index contributed by atoms with van der Waals surface area (Å²) in [6.45, 7) is 0. The molecular weight excluding hydrogens is 467 g/mol. The van der Waals surface area contributed by atoms with Gasteiger partial charge >= 0.3 is 0 Å². The molecule has 5 nitrogen and oxygen atoms in total. The summed E-state index contributed by atoms with van der Waals surface area (Å²) in [5.41, 5.74) is 3.29. The Morgan fingerprint density at radius 2 is 1.79 bits per heavy atom. The van der Waals surface area contributed by atoms with Gasteiger partial charge < -0.3 is 19.4 Å². The summed E-state index contributed by atoms with van der Waals surface area (Å²) in [7, 11) is 5.24. The zero-order chi connectivity index (χ0) is 20.1. The van der Waals surface area contributed by atoms with Crippen LogP contribution in [0.1, 0.15) is 11.1 Å². The number of methoxy groups -OCH3 is 2. The molecule has 28 heavy (non-hydrogen) atoms. The minimum Gasteiger partial charge on any atom is -0.497 e. The van der Waals surface area contributed by atoms with E-state index in [0.29, 0.717) is 11.5 Å². The smallest absolute Gasteiger partial charge is 0.228 e. The lowest BCUT2D eigenvalue weighted by Crippen LogP contribution is -2.19. The van der Waals surface area contributed by atoms with Crippen LogP contribution in [0.15, 0.2) is 58.4 Å². The summed E-state index contributed by atoms with van der Waals surface area (Å²) in [6, 6.07) is 13.8. The minimum atomic E-state index is -0.0811. The normalized spacial score (nSPS) is 11.5. The Morgan fingerprint density at radius 1 is 1.11 bits per heavy atom. The molecule has 1 amide bonds. The number of aromatic nitrogens is 1. The second-order valence-corrected chi connectivity index (χ2v) is 7.90.